The average Bonchev–Trinajstić information content (AvgIpc) is 2.53. The molecule has 0 aliphatic rings. The third-order valence-electron chi connectivity index (χ3n) is 3.81. The number of nitrogens with zero attached hydrogens (tertiary/aromatic N) is 1. The summed E-state index contributed by atoms with van der Waals surface area (Å²) in [6, 6.07) is 17.7. The summed E-state index contributed by atoms with van der Waals surface area (Å²) in [5.41, 5.74) is 7.30. The standard InChI is InChI=1S/C18H21BrN2O.ClH/c1-18(20,15-8-10-16(19)11-9-15)17(22)21(2)13-12-14-6-4-3-5-7-14;/h3-11H,12-13,20H2,1-2H3;1H. The van der Waals surface area contributed by atoms with E-state index in [1.165, 1.54) is 5.56 Å². The van der Waals surface area contributed by atoms with E-state index in [1.807, 2.05) is 42.5 Å². The van der Waals surface area contributed by atoms with E-state index in [4.69, 9.17) is 5.73 Å². The van der Waals surface area contributed by atoms with Gasteiger partial charge in [-0.05, 0) is 36.6 Å². The number of rotatable bonds is 5. The first-order valence-corrected chi connectivity index (χ1v) is 8.05. The summed E-state index contributed by atoms with van der Waals surface area (Å²) in [6.07, 6.45) is 0.819. The molecule has 3 nitrogen and oxygen atoms in total. The second kappa shape index (κ2) is 8.48. The summed E-state index contributed by atoms with van der Waals surface area (Å²) >= 11 is 3.39. The van der Waals surface area contributed by atoms with Crippen molar-refractivity contribution in [3.05, 3.63) is 70.2 Å². The molecule has 1 amide bonds. The number of amides is 1. The predicted octanol–water partition coefficient (Wildman–Crippen LogP) is 3.75. The normalized spacial score (nSPS) is 12.9. The smallest absolute Gasteiger partial charge is 0.246 e. The van der Waals surface area contributed by atoms with Gasteiger partial charge in [0.2, 0.25) is 5.91 Å². The first-order chi connectivity index (χ1) is 10.4. The number of nitrogens with two attached hydrogens (primary N) is 1. The molecule has 124 valence electrons. The van der Waals surface area contributed by atoms with Crippen LogP contribution in [0.15, 0.2) is 59.1 Å². The Labute approximate surface area is 152 Å². The van der Waals surface area contributed by atoms with Crippen LogP contribution in [0, 0.1) is 0 Å². The molecule has 2 aromatic carbocycles. The first-order valence-electron chi connectivity index (χ1n) is 7.25. The van der Waals surface area contributed by atoms with E-state index in [1.54, 1.807) is 18.9 Å². The lowest BCUT2D eigenvalue weighted by molar-refractivity contribution is -0.135. The predicted molar refractivity (Wildman–Crippen MR) is 101 cm³/mol. The van der Waals surface area contributed by atoms with E-state index in [9.17, 15) is 4.79 Å². The van der Waals surface area contributed by atoms with Gasteiger partial charge in [0, 0.05) is 18.1 Å². The summed E-state index contributed by atoms with van der Waals surface area (Å²) in [6.45, 7) is 2.41. The van der Waals surface area contributed by atoms with Gasteiger partial charge in [-0.3, -0.25) is 4.79 Å². The molecule has 0 fully saturated rings. The Morgan fingerprint density at radius 2 is 1.70 bits per heavy atom. The quantitative estimate of drug-likeness (QED) is 0.835. The van der Waals surface area contributed by atoms with Gasteiger partial charge in [0.25, 0.3) is 0 Å². The van der Waals surface area contributed by atoms with Gasteiger partial charge in [-0.2, -0.15) is 0 Å². The Morgan fingerprint density at radius 3 is 2.26 bits per heavy atom. The van der Waals surface area contributed by atoms with Gasteiger partial charge in [0.15, 0.2) is 0 Å². The van der Waals surface area contributed by atoms with E-state index >= 15 is 0 Å². The van der Waals surface area contributed by atoms with Crippen LogP contribution >= 0.6 is 28.3 Å². The van der Waals surface area contributed by atoms with Crippen LogP contribution in [0.1, 0.15) is 18.1 Å². The Morgan fingerprint density at radius 1 is 1.13 bits per heavy atom. The molecule has 0 radical (unpaired) electrons. The maximum absolute atomic E-state index is 12.7. The number of hydrogen-bond acceptors (Lipinski definition) is 2. The molecule has 0 aliphatic carbocycles. The number of carbonyl (C=O) groups is 1. The highest BCUT2D eigenvalue weighted by atomic mass is 79.9. The van der Waals surface area contributed by atoms with E-state index < -0.39 is 5.54 Å². The van der Waals surface area contributed by atoms with Crippen molar-refractivity contribution in [1.29, 1.82) is 0 Å². The molecule has 2 aromatic rings. The zero-order valence-corrected chi connectivity index (χ0v) is 15.7. The van der Waals surface area contributed by atoms with E-state index in [-0.39, 0.29) is 18.3 Å². The summed E-state index contributed by atoms with van der Waals surface area (Å²) in [7, 11) is 1.80. The van der Waals surface area contributed by atoms with Gasteiger partial charge in [-0.25, -0.2) is 0 Å². The molecule has 0 bridgehead atoms. The molecule has 1 atom stereocenters. The van der Waals surface area contributed by atoms with Gasteiger partial charge in [0.1, 0.15) is 5.54 Å². The third-order valence-corrected chi connectivity index (χ3v) is 4.34. The maximum Gasteiger partial charge on any atom is 0.246 e. The molecular weight excluding hydrogens is 376 g/mol. The van der Waals surface area contributed by atoms with Crippen LogP contribution in [0.3, 0.4) is 0 Å². The first kappa shape index (κ1) is 19.7. The molecule has 0 heterocycles. The van der Waals surface area contributed by atoms with Crippen LogP contribution in [0.25, 0.3) is 0 Å². The number of hydrogen-bond donors (Lipinski definition) is 1. The number of halogens is 2. The second-order valence-corrected chi connectivity index (χ2v) is 6.59. The molecule has 5 heteroatoms. The van der Waals surface area contributed by atoms with E-state index in [2.05, 4.69) is 28.1 Å². The lowest BCUT2D eigenvalue weighted by Gasteiger charge is -2.29. The number of carbonyl (C=O) groups excluding carboxylic acids is 1. The Kier molecular flexibility index (Phi) is 7.26. The summed E-state index contributed by atoms with van der Waals surface area (Å²) in [5.74, 6) is -0.0780. The van der Waals surface area contributed by atoms with Crippen molar-refractivity contribution in [3.8, 4) is 0 Å². The molecule has 0 saturated heterocycles. The van der Waals surface area contributed by atoms with Crippen LogP contribution in [-0.4, -0.2) is 24.4 Å². The molecule has 0 aliphatic heterocycles. The van der Waals surface area contributed by atoms with Gasteiger partial charge in [-0.1, -0.05) is 58.4 Å². The van der Waals surface area contributed by atoms with Crippen LogP contribution in [0.5, 0.6) is 0 Å². The fourth-order valence-electron chi connectivity index (χ4n) is 2.36. The Balaban J connectivity index is 0.00000264. The minimum absolute atomic E-state index is 0. The van der Waals surface area contributed by atoms with E-state index in [0.29, 0.717) is 6.54 Å². The summed E-state index contributed by atoms with van der Waals surface area (Å²) < 4.78 is 0.969. The third kappa shape index (κ3) is 5.06. The van der Waals surface area contributed by atoms with Crippen molar-refractivity contribution in [1.82, 2.24) is 4.90 Å². The van der Waals surface area contributed by atoms with Crippen molar-refractivity contribution >= 4 is 34.2 Å². The molecule has 2 N–H and O–H groups in total. The van der Waals surface area contributed by atoms with Gasteiger partial charge < -0.3 is 10.6 Å². The highest BCUT2D eigenvalue weighted by Crippen LogP contribution is 2.22. The summed E-state index contributed by atoms with van der Waals surface area (Å²) in [5, 5.41) is 0. The van der Waals surface area contributed by atoms with Crippen molar-refractivity contribution in [2.24, 2.45) is 5.73 Å². The second-order valence-electron chi connectivity index (χ2n) is 5.67. The van der Waals surface area contributed by atoms with Crippen LogP contribution in [0.4, 0.5) is 0 Å². The molecule has 1 unspecified atom stereocenters. The van der Waals surface area contributed by atoms with Crippen molar-refractivity contribution in [2.45, 2.75) is 18.9 Å². The van der Waals surface area contributed by atoms with E-state index in [0.717, 1.165) is 16.5 Å². The fraction of sp³-hybridized carbons (Fsp3) is 0.278. The highest BCUT2D eigenvalue weighted by molar-refractivity contribution is 9.10. The molecule has 0 saturated carbocycles. The number of likely N-dealkylation sites (N-methyl/N-ethyl adjacent to an activating group) is 1. The SMILES string of the molecule is CN(CCc1ccccc1)C(=O)C(C)(N)c1ccc(Br)cc1.Cl. The summed E-state index contributed by atoms with van der Waals surface area (Å²) in [4.78, 5) is 14.4. The molecular formula is C18H22BrClN2O. The van der Waals surface area contributed by atoms with Gasteiger partial charge in [-0.15, -0.1) is 12.4 Å². The van der Waals surface area contributed by atoms with Crippen molar-refractivity contribution in [2.75, 3.05) is 13.6 Å². The van der Waals surface area contributed by atoms with Crippen LogP contribution in [-0.2, 0) is 16.8 Å². The molecule has 0 spiro atoms. The Hall–Kier alpha value is -1.36. The van der Waals surface area contributed by atoms with Crippen LogP contribution < -0.4 is 5.73 Å². The van der Waals surface area contributed by atoms with Crippen molar-refractivity contribution in [3.63, 3.8) is 0 Å². The molecule has 23 heavy (non-hydrogen) atoms. The lowest BCUT2D eigenvalue weighted by atomic mass is 9.91. The highest BCUT2D eigenvalue weighted by Gasteiger charge is 2.32. The largest absolute Gasteiger partial charge is 0.344 e. The average molecular weight is 398 g/mol. The fourth-order valence-corrected chi connectivity index (χ4v) is 2.62. The zero-order chi connectivity index (χ0) is 16.2. The minimum Gasteiger partial charge on any atom is -0.344 e. The van der Waals surface area contributed by atoms with Gasteiger partial charge in [0.05, 0.1) is 0 Å². The van der Waals surface area contributed by atoms with Crippen molar-refractivity contribution < 1.29 is 4.79 Å². The Bertz CT molecular complexity index is 629. The topological polar surface area (TPSA) is 46.3 Å². The lowest BCUT2D eigenvalue weighted by Crippen LogP contribution is -2.50. The van der Waals surface area contributed by atoms with Gasteiger partial charge >= 0.3 is 0 Å². The number of benzene rings is 2. The zero-order valence-electron chi connectivity index (χ0n) is 13.3. The van der Waals surface area contributed by atoms with Crippen LogP contribution in [0.2, 0.25) is 0 Å². The maximum atomic E-state index is 12.7. The monoisotopic (exact) mass is 396 g/mol. The molecule has 2 rings (SSSR count). The minimum atomic E-state index is -1.02. The molecule has 0 aromatic heterocycles.